The SMILES string of the molecule is C[C@@H](Oc1ccc(Cl)cc1Cl)C(=O)OCC(=O)N[C@H]1CCS(=O)(=O)C1. The Kier molecular flexibility index (Phi) is 6.53. The second-order valence-corrected chi connectivity index (χ2v) is 8.68. The van der Waals surface area contributed by atoms with E-state index in [1.54, 1.807) is 6.07 Å². The van der Waals surface area contributed by atoms with E-state index in [0.717, 1.165) is 0 Å². The van der Waals surface area contributed by atoms with Crippen LogP contribution in [0.15, 0.2) is 18.2 Å². The van der Waals surface area contributed by atoms with Crippen LogP contribution in [0.4, 0.5) is 0 Å². The molecule has 0 saturated carbocycles. The maximum atomic E-state index is 11.9. The highest BCUT2D eigenvalue weighted by Gasteiger charge is 2.29. The van der Waals surface area contributed by atoms with Gasteiger partial charge in [-0.3, -0.25) is 4.79 Å². The Morgan fingerprint density at radius 2 is 2.08 bits per heavy atom. The maximum absolute atomic E-state index is 11.9. The molecule has 7 nitrogen and oxygen atoms in total. The molecule has 0 spiro atoms. The Balaban J connectivity index is 1.78. The number of hydrogen-bond acceptors (Lipinski definition) is 6. The van der Waals surface area contributed by atoms with Gasteiger partial charge in [0.2, 0.25) is 0 Å². The van der Waals surface area contributed by atoms with E-state index in [0.29, 0.717) is 11.4 Å². The average molecular weight is 410 g/mol. The van der Waals surface area contributed by atoms with Gasteiger partial charge in [0.1, 0.15) is 5.75 Å². The van der Waals surface area contributed by atoms with Crippen molar-refractivity contribution in [3.05, 3.63) is 28.2 Å². The maximum Gasteiger partial charge on any atom is 0.347 e. The molecule has 2 atom stereocenters. The fraction of sp³-hybridized carbons (Fsp3) is 0.467. The first kappa shape index (κ1) is 19.8. The van der Waals surface area contributed by atoms with Crippen molar-refractivity contribution < 1.29 is 27.5 Å². The molecule has 1 fully saturated rings. The van der Waals surface area contributed by atoms with E-state index in [2.05, 4.69) is 5.32 Å². The van der Waals surface area contributed by atoms with E-state index in [1.165, 1.54) is 19.1 Å². The number of halogens is 2. The second kappa shape index (κ2) is 8.25. The number of sulfone groups is 1. The summed E-state index contributed by atoms with van der Waals surface area (Å²) in [5.41, 5.74) is 0. The molecule has 1 aliphatic rings. The van der Waals surface area contributed by atoms with Gasteiger partial charge in [-0.25, -0.2) is 13.2 Å². The normalized spacial score (nSPS) is 19.9. The van der Waals surface area contributed by atoms with Crippen LogP contribution in [0.1, 0.15) is 13.3 Å². The van der Waals surface area contributed by atoms with Crippen LogP contribution in [0.3, 0.4) is 0 Å². The molecule has 1 aliphatic heterocycles. The summed E-state index contributed by atoms with van der Waals surface area (Å²) in [6.45, 7) is 0.937. The Morgan fingerprint density at radius 3 is 2.68 bits per heavy atom. The minimum Gasteiger partial charge on any atom is -0.477 e. The van der Waals surface area contributed by atoms with Crippen LogP contribution in [0.25, 0.3) is 0 Å². The summed E-state index contributed by atoms with van der Waals surface area (Å²) < 4.78 is 32.9. The topological polar surface area (TPSA) is 98.8 Å². The highest BCUT2D eigenvalue weighted by molar-refractivity contribution is 7.91. The zero-order valence-corrected chi connectivity index (χ0v) is 15.7. The van der Waals surface area contributed by atoms with Crippen molar-refractivity contribution in [1.29, 1.82) is 0 Å². The summed E-state index contributed by atoms with van der Waals surface area (Å²) in [6.07, 6.45) is -0.630. The van der Waals surface area contributed by atoms with Crippen molar-refractivity contribution in [3.8, 4) is 5.75 Å². The number of carbonyl (C=O) groups is 2. The van der Waals surface area contributed by atoms with Crippen LogP contribution in [0, 0.1) is 0 Å². The number of ether oxygens (including phenoxy) is 2. The van der Waals surface area contributed by atoms with Crippen LogP contribution < -0.4 is 10.1 Å². The lowest BCUT2D eigenvalue weighted by atomic mass is 10.2. The zero-order chi connectivity index (χ0) is 18.6. The van der Waals surface area contributed by atoms with Gasteiger partial charge in [0.15, 0.2) is 22.5 Å². The lowest BCUT2D eigenvalue weighted by Gasteiger charge is -2.15. The third-order valence-electron chi connectivity index (χ3n) is 3.47. The fourth-order valence-electron chi connectivity index (χ4n) is 2.24. The number of benzene rings is 1. The largest absolute Gasteiger partial charge is 0.477 e. The summed E-state index contributed by atoms with van der Waals surface area (Å²) >= 11 is 11.7. The standard InChI is InChI=1S/C15H17Cl2NO6S/c1-9(24-13-3-2-10(16)6-12(13)17)15(20)23-7-14(19)18-11-4-5-25(21,22)8-11/h2-3,6,9,11H,4-5,7-8H2,1H3,(H,18,19)/t9-,11+/m1/s1. The lowest BCUT2D eigenvalue weighted by Crippen LogP contribution is -2.39. The molecule has 1 N–H and O–H groups in total. The molecule has 1 amide bonds. The highest BCUT2D eigenvalue weighted by Crippen LogP contribution is 2.28. The van der Waals surface area contributed by atoms with E-state index in [9.17, 15) is 18.0 Å². The zero-order valence-electron chi connectivity index (χ0n) is 13.3. The van der Waals surface area contributed by atoms with Gasteiger partial charge in [-0.05, 0) is 31.5 Å². The predicted octanol–water partition coefficient (Wildman–Crippen LogP) is 1.61. The Bertz CT molecular complexity index is 767. The molecule has 25 heavy (non-hydrogen) atoms. The van der Waals surface area contributed by atoms with Gasteiger partial charge < -0.3 is 14.8 Å². The second-order valence-electron chi connectivity index (χ2n) is 5.61. The molecular weight excluding hydrogens is 393 g/mol. The highest BCUT2D eigenvalue weighted by atomic mass is 35.5. The van der Waals surface area contributed by atoms with Gasteiger partial charge in [0.25, 0.3) is 5.91 Å². The van der Waals surface area contributed by atoms with Crippen molar-refractivity contribution in [2.24, 2.45) is 0 Å². The Morgan fingerprint density at radius 1 is 1.36 bits per heavy atom. The third kappa shape index (κ3) is 6.05. The Hall–Kier alpha value is -1.51. The average Bonchev–Trinajstić information content (AvgIpc) is 2.86. The first-order valence-corrected chi connectivity index (χ1v) is 10.0. The molecule has 0 aromatic heterocycles. The number of rotatable bonds is 6. The molecular formula is C15H17Cl2NO6S. The smallest absolute Gasteiger partial charge is 0.347 e. The molecule has 138 valence electrons. The molecule has 0 aliphatic carbocycles. The van der Waals surface area contributed by atoms with Crippen molar-refractivity contribution in [3.63, 3.8) is 0 Å². The summed E-state index contributed by atoms with van der Waals surface area (Å²) in [4.78, 5) is 23.6. The predicted molar refractivity (Wildman–Crippen MR) is 92.7 cm³/mol. The van der Waals surface area contributed by atoms with Crippen molar-refractivity contribution >= 4 is 44.9 Å². The van der Waals surface area contributed by atoms with E-state index in [4.69, 9.17) is 32.7 Å². The van der Waals surface area contributed by atoms with Crippen molar-refractivity contribution in [1.82, 2.24) is 5.32 Å². The van der Waals surface area contributed by atoms with E-state index in [-0.39, 0.29) is 22.3 Å². The number of carbonyl (C=O) groups excluding carboxylic acids is 2. The van der Waals surface area contributed by atoms with E-state index in [1.807, 2.05) is 0 Å². The quantitative estimate of drug-likeness (QED) is 0.716. The molecule has 0 radical (unpaired) electrons. The fourth-order valence-corrected chi connectivity index (χ4v) is 4.37. The minimum atomic E-state index is -3.09. The number of hydrogen-bond donors (Lipinski definition) is 1. The van der Waals surface area contributed by atoms with Gasteiger partial charge in [-0.1, -0.05) is 23.2 Å². The van der Waals surface area contributed by atoms with Crippen molar-refractivity contribution in [2.75, 3.05) is 18.1 Å². The van der Waals surface area contributed by atoms with E-state index >= 15 is 0 Å². The molecule has 1 saturated heterocycles. The van der Waals surface area contributed by atoms with Crippen molar-refractivity contribution in [2.45, 2.75) is 25.5 Å². The molecule has 1 heterocycles. The van der Waals surface area contributed by atoms with Gasteiger partial charge in [0.05, 0.1) is 16.5 Å². The monoisotopic (exact) mass is 409 g/mol. The van der Waals surface area contributed by atoms with Gasteiger partial charge in [-0.2, -0.15) is 0 Å². The molecule has 0 bridgehead atoms. The summed E-state index contributed by atoms with van der Waals surface area (Å²) in [5, 5.41) is 3.19. The summed E-state index contributed by atoms with van der Waals surface area (Å²) in [7, 11) is -3.09. The van der Waals surface area contributed by atoms with Gasteiger partial charge in [-0.15, -0.1) is 0 Å². The number of nitrogens with one attached hydrogen (secondary N) is 1. The minimum absolute atomic E-state index is 0.0461. The number of amides is 1. The van der Waals surface area contributed by atoms with Crippen LogP contribution in [-0.4, -0.2) is 50.6 Å². The van der Waals surface area contributed by atoms with Crippen LogP contribution in [-0.2, 0) is 24.2 Å². The van der Waals surface area contributed by atoms with Crippen LogP contribution in [0.5, 0.6) is 5.75 Å². The van der Waals surface area contributed by atoms with Gasteiger partial charge >= 0.3 is 5.97 Å². The molecule has 2 rings (SSSR count). The summed E-state index contributed by atoms with van der Waals surface area (Å²) in [6, 6.07) is 4.10. The van der Waals surface area contributed by atoms with Crippen LogP contribution >= 0.6 is 23.2 Å². The Labute approximate surface area is 155 Å². The third-order valence-corrected chi connectivity index (χ3v) is 5.77. The number of esters is 1. The molecule has 1 aromatic carbocycles. The van der Waals surface area contributed by atoms with Crippen LogP contribution in [0.2, 0.25) is 10.0 Å². The van der Waals surface area contributed by atoms with E-state index < -0.39 is 40.5 Å². The molecule has 10 heteroatoms. The van der Waals surface area contributed by atoms with Gasteiger partial charge in [0, 0.05) is 11.1 Å². The molecule has 0 unspecified atom stereocenters. The summed E-state index contributed by atoms with van der Waals surface area (Å²) in [5.74, 6) is -1.10. The first-order valence-electron chi connectivity index (χ1n) is 7.44. The lowest BCUT2D eigenvalue weighted by molar-refractivity contribution is -0.154. The first-order chi connectivity index (χ1) is 11.7. The molecule has 1 aromatic rings.